The Labute approximate surface area is 367 Å². The summed E-state index contributed by atoms with van der Waals surface area (Å²) in [6.45, 7) is 3.71. The monoisotopic (exact) mass is 865 g/mol. The molecule has 3 N–H and O–H groups in total. The molecule has 306 valence electrons. The summed E-state index contributed by atoms with van der Waals surface area (Å²) in [5.74, 6) is -0.734. The summed E-state index contributed by atoms with van der Waals surface area (Å²) in [4.78, 5) is 52.0. The smallest absolute Gasteiger partial charge is 0.257 e. The molecule has 6 aromatic carbocycles. The number of amides is 2. The molecule has 0 fully saturated rings. The molecule has 4 heterocycles. The Morgan fingerprint density at radius 2 is 1.08 bits per heavy atom. The highest BCUT2D eigenvalue weighted by Crippen LogP contribution is 2.48. The minimum Gasteiger partial charge on any atom is -0.325 e. The zero-order chi connectivity index (χ0) is 43.2. The maximum absolute atomic E-state index is 14.6. The van der Waals surface area contributed by atoms with E-state index in [1.165, 1.54) is 46.9 Å². The summed E-state index contributed by atoms with van der Waals surface area (Å²) in [7, 11) is 0. The molecular weight excluding hydrogens is 833 g/mol. The van der Waals surface area contributed by atoms with E-state index in [0.29, 0.717) is 60.4 Å². The van der Waals surface area contributed by atoms with Gasteiger partial charge in [-0.2, -0.15) is 0 Å². The standard InChI is InChI=1S/C50H33F2N7O2S2/c1-27-11-3-5-13-33(27)47(60)58-45-41(49-53-35-15-7-9-17-37(35)62-49)39(29-19-23-31(51)24-20-29)43(56-45)55-44-40(30-21-25-32(52)26-22-30)42(50-54-36-16-8-10-18-38(36)63-50)46(57-44)59-48(61)34-14-6-4-12-28(34)2/h3-26,56H,1-2H3,(H,58,60)(H,55,57,59,61). The predicted octanol–water partition coefficient (Wildman–Crippen LogP) is 12.2. The van der Waals surface area contributed by atoms with Crippen LogP contribution in [0.3, 0.4) is 0 Å². The van der Waals surface area contributed by atoms with Gasteiger partial charge < -0.3 is 15.6 Å². The summed E-state index contributed by atoms with van der Waals surface area (Å²) in [6.07, 6.45) is 0. The Morgan fingerprint density at radius 1 is 0.571 bits per heavy atom. The molecule has 2 amide bonds. The Morgan fingerprint density at radius 3 is 1.67 bits per heavy atom. The van der Waals surface area contributed by atoms with Crippen LogP contribution >= 0.6 is 22.7 Å². The topological polar surface area (TPSA) is 124 Å². The number of aliphatic imine (C=N–C) groups is 2. The zero-order valence-corrected chi connectivity index (χ0v) is 35.2. The molecule has 0 atom stereocenters. The lowest BCUT2D eigenvalue weighted by Gasteiger charge is -2.11. The molecular formula is C50H33F2N7O2S2. The van der Waals surface area contributed by atoms with Crippen molar-refractivity contribution in [2.75, 3.05) is 5.32 Å². The summed E-state index contributed by atoms with van der Waals surface area (Å²) in [6, 6.07) is 41.9. The van der Waals surface area contributed by atoms with Crippen LogP contribution < -0.4 is 10.6 Å². The van der Waals surface area contributed by atoms with Gasteiger partial charge >= 0.3 is 0 Å². The number of aryl methyl sites for hydroxylation is 2. The van der Waals surface area contributed by atoms with Crippen LogP contribution in [-0.2, 0) is 0 Å². The molecule has 0 radical (unpaired) electrons. The van der Waals surface area contributed by atoms with Gasteiger partial charge in [-0.05, 0) is 96.8 Å². The quantitative estimate of drug-likeness (QED) is 0.141. The van der Waals surface area contributed by atoms with Crippen LogP contribution in [0.1, 0.15) is 42.4 Å². The van der Waals surface area contributed by atoms with Crippen molar-refractivity contribution in [3.63, 3.8) is 0 Å². The van der Waals surface area contributed by atoms with Gasteiger partial charge in [-0.25, -0.2) is 28.7 Å². The van der Waals surface area contributed by atoms with Crippen molar-refractivity contribution in [3.8, 4) is 21.7 Å². The van der Waals surface area contributed by atoms with Gasteiger partial charge in [-0.1, -0.05) is 84.9 Å². The van der Waals surface area contributed by atoms with Gasteiger partial charge in [0.2, 0.25) is 0 Å². The number of thiazole rings is 2. The molecule has 0 spiro atoms. The number of fused-ring (bicyclic) bond motifs is 2. The maximum Gasteiger partial charge on any atom is 0.257 e. The van der Waals surface area contributed by atoms with Gasteiger partial charge in [0, 0.05) is 22.3 Å². The van der Waals surface area contributed by atoms with Crippen molar-refractivity contribution >= 4 is 89.4 Å². The van der Waals surface area contributed by atoms with Crippen molar-refractivity contribution in [1.29, 1.82) is 0 Å². The number of aromatic amines is 1. The number of halogens is 2. The lowest BCUT2D eigenvalue weighted by Crippen LogP contribution is -2.31. The Hall–Kier alpha value is -7.74. The number of carbonyl (C=O) groups is 2. The molecule has 13 heteroatoms. The second-order valence-electron chi connectivity index (χ2n) is 14.8. The predicted molar refractivity (Wildman–Crippen MR) is 250 cm³/mol. The van der Waals surface area contributed by atoms with E-state index in [2.05, 4.69) is 15.6 Å². The van der Waals surface area contributed by atoms with E-state index in [0.717, 1.165) is 31.6 Å². The minimum absolute atomic E-state index is 0.160. The van der Waals surface area contributed by atoms with Crippen LogP contribution in [0.5, 0.6) is 0 Å². The fourth-order valence-corrected chi connectivity index (χ4v) is 9.61. The van der Waals surface area contributed by atoms with E-state index in [4.69, 9.17) is 20.0 Å². The Kier molecular flexibility index (Phi) is 10.2. The van der Waals surface area contributed by atoms with Crippen molar-refractivity contribution in [2.24, 2.45) is 9.98 Å². The molecule has 0 unspecified atom stereocenters. The van der Waals surface area contributed by atoms with Gasteiger partial charge in [-0.15, -0.1) is 22.7 Å². The molecule has 63 heavy (non-hydrogen) atoms. The maximum atomic E-state index is 14.6. The highest BCUT2D eigenvalue weighted by Gasteiger charge is 2.33. The van der Waals surface area contributed by atoms with Crippen molar-refractivity contribution in [3.05, 3.63) is 190 Å². The molecule has 0 saturated carbocycles. The van der Waals surface area contributed by atoms with Gasteiger partial charge in [-0.3, -0.25) is 9.59 Å². The second kappa shape index (κ2) is 16.3. The van der Waals surface area contributed by atoms with E-state index in [1.54, 1.807) is 48.5 Å². The van der Waals surface area contributed by atoms with E-state index in [1.807, 2.05) is 86.6 Å². The van der Waals surface area contributed by atoms with Gasteiger partial charge in [0.15, 0.2) is 5.84 Å². The van der Waals surface area contributed by atoms with Crippen LogP contribution in [-0.4, -0.2) is 38.4 Å². The van der Waals surface area contributed by atoms with E-state index < -0.39 is 17.5 Å². The molecule has 9 aromatic rings. The molecule has 0 saturated heterocycles. The number of hydrogen-bond acceptors (Lipinski definition) is 7. The van der Waals surface area contributed by atoms with Gasteiger partial charge in [0.1, 0.15) is 39.1 Å². The first-order chi connectivity index (χ1) is 30.7. The fraction of sp³-hybridized carbons (Fsp3) is 0.0400. The molecule has 0 aliphatic carbocycles. The number of amidine groups is 2. The molecule has 1 aliphatic rings. The fourth-order valence-electron chi connectivity index (χ4n) is 7.57. The lowest BCUT2D eigenvalue weighted by atomic mass is 9.99. The van der Waals surface area contributed by atoms with Crippen LogP contribution in [0, 0.1) is 25.5 Å². The van der Waals surface area contributed by atoms with E-state index in [-0.39, 0.29) is 23.4 Å². The summed E-state index contributed by atoms with van der Waals surface area (Å²) in [5, 5.41) is 7.30. The summed E-state index contributed by atoms with van der Waals surface area (Å²) >= 11 is 2.85. The molecule has 9 nitrogen and oxygen atoms in total. The van der Waals surface area contributed by atoms with Gasteiger partial charge in [0.05, 0.1) is 31.6 Å². The zero-order valence-electron chi connectivity index (χ0n) is 33.5. The molecule has 1 aliphatic heterocycles. The third-order valence-corrected chi connectivity index (χ3v) is 12.8. The third-order valence-electron chi connectivity index (χ3n) is 10.7. The highest BCUT2D eigenvalue weighted by atomic mass is 32.1. The van der Waals surface area contributed by atoms with Crippen molar-refractivity contribution in [2.45, 2.75) is 13.8 Å². The average molecular weight is 866 g/mol. The number of anilines is 1. The molecule has 3 aromatic heterocycles. The number of para-hydroxylation sites is 2. The van der Waals surface area contributed by atoms with E-state index >= 15 is 0 Å². The van der Waals surface area contributed by atoms with E-state index in [9.17, 15) is 18.4 Å². The number of nitrogens with zero attached hydrogens (tertiary/aromatic N) is 4. The average Bonchev–Trinajstić information content (AvgIpc) is 4.07. The normalized spacial score (nSPS) is 13.3. The van der Waals surface area contributed by atoms with Crippen LogP contribution in [0.25, 0.3) is 53.3 Å². The van der Waals surface area contributed by atoms with Crippen LogP contribution in [0.2, 0.25) is 0 Å². The number of H-pyrrole nitrogens is 1. The second-order valence-corrected chi connectivity index (χ2v) is 16.8. The first kappa shape index (κ1) is 39.4. The number of aromatic nitrogens is 3. The lowest BCUT2D eigenvalue weighted by molar-refractivity contribution is 0.0975. The minimum atomic E-state index is -0.441. The Bertz CT molecular complexity index is 3320. The van der Waals surface area contributed by atoms with Gasteiger partial charge in [0.25, 0.3) is 11.8 Å². The first-order valence-electron chi connectivity index (χ1n) is 19.8. The summed E-state index contributed by atoms with van der Waals surface area (Å²) < 4.78 is 31.1. The first-order valence-corrected chi connectivity index (χ1v) is 21.5. The van der Waals surface area contributed by atoms with Crippen molar-refractivity contribution in [1.82, 2.24) is 20.3 Å². The number of rotatable bonds is 8. The number of benzene rings is 6. The Balaban J connectivity index is 1.25. The third kappa shape index (κ3) is 7.53. The van der Waals surface area contributed by atoms with Crippen LogP contribution in [0.4, 0.5) is 20.4 Å². The number of nitrogens with one attached hydrogen (secondary N) is 3. The largest absolute Gasteiger partial charge is 0.325 e. The van der Waals surface area contributed by atoms with Crippen molar-refractivity contribution < 1.29 is 18.4 Å². The van der Waals surface area contributed by atoms with Crippen LogP contribution in [0.15, 0.2) is 156 Å². The highest BCUT2D eigenvalue weighted by molar-refractivity contribution is 7.21. The summed E-state index contributed by atoms with van der Waals surface area (Å²) in [5.41, 5.74) is 7.09. The molecule has 0 bridgehead atoms. The number of carbonyl (C=O) groups excluding carboxylic acids is 2. The SMILES string of the molecule is Cc1ccccc1C(=O)NC1=NC(=Nc2[nH]c(NC(=O)c3ccccc3C)c(-c3nc4ccccc4s3)c2-c2ccc(F)cc2)C(c2ccc(F)cc2)=C1c1nc2ccccc2s1. The number of hydrogen-bond donors (Lipinski definition) is 3. The molecule has 10 rings (SSSR count).